The zero-order valence-corrected chi connectivity index (χ0v) is 16.2. The van der Waals surface area contributed by atoms with E-state index < -0.39 is 17.6 Å². The monoisotopic (exact) mass is 407 g/mol. The maximum atomic E-state index is 13.2. The fourth-order valence-electron chi connectivity index (χ4n) is 3.13. The molecule has 0 aromatic heterocycles. The molecule has 0 bridgehead atoms. The average molecular weight is 407 g/mol. The first-order valence-electron chi connectivity index (χ1n) is 9.45. The van der Waals surface area contributed by atoms with Gasteiger partial charge in [0.2, 0.25) is 5.91 Å². The van der Waals surface area contributed by atoms with Gasteiger partial charge >= 0.3 is 6.18 Å². The van der Waals surface area contributed by atoms with Crippen molar-refractivity contribution in [1.29, 1.82) is 0 Å². The van der Waals surface area contributed by atoms with Crippen LogP contribution in [-0.2, 0) is 11.0 Å². The standard InChI is InChI=1S/C21H24F3N3O2/c1-26-10-12-27(13-11-26)19-8-7-16(21(22,23)24)15-18(19)25-20(28)9-14-29-17-5-3-2-4-6-17/h2-8,15H,9-14H2,1H3,(H,25,28). The molecule has 1 fully saturated rings. The summed E-state index contributed by atoms with van der Waals surface area (Å²) < 4.78 is 45.0. The van der Waals surface area contributed by atoms with Crippen LogP contribution in [0.2, 0.25) is 0 Å². The molecule has 0 atom stereocenters. The number of anilines is 2. The summed E-state index contributed by atoms with van der Waals surface area (Å²) in [5.74, 6) is 0.244. The van der Waals surface area contributed by atoms with Crippen LogP contribution in [0.25, 0.3) is 0 Å². The molecule has 29 heavy (non-hydrogen) atoms. The highest BCUT2D eigenvalue weighted by atomic mass is 19.4. The number of hydrogen-bond acceptors (Lipinski definition) is 4. The quantitative estimate of drug-likeness (QED) is 0.790. The summed E-state index contributed by atoms with van der Waals surface area (Å²) in [5, 5.41) is 2.64. The molecule has 0 unspecified atom stereocenters. The fourth-order valence-corrected chi connectivity index (χ4v) is 3.13. The van der Waals surface area contributed by atoms with Gasteiger partial charge in [0.1, 0.15) is 5.75 Å². The molecule has 1 aliphatic rings. The fraction of sp³-hybridized carbons (Fsp3) is 0.381. The van der Waals surface area contributed by atoms with Gasteiger partial charge in [0.15, 0.2) is 0 Å². The van der Waals surface area contributed by atoms with Gasteiger partial charge in [-0.2, -0.15) is 13.2 Å². The molecule has 1 amide bonds. The lowest BCUT2D eigenvalue weighted by Crippen LogP contribution is -2.44. The largest absolute Gasteiger partial charge is 0.493 e. The smallest absolute Gasteiger partial charge is 0.416 e. The van der Waals surface area contributed by atoms with Gasteiger partial charge < -0.3 is 19.9 Å². The van der Waals surface area contributed by atoms with E-state index in [4.69, 9.17) is 4.74 Å². The van der Waals surface area contributed by atoms with Crippen LogP contribution in [0.4, 0.5) is 24.5 Å². The number of nitrogens with zero attached hydrogens (tertiary/aromatic N) is 2. The van der Waals surface area contributed by atoms with E-state index in [2.05, 4.69) is 10.2 Å². The summed E-state index contributed by atoms with van der Waals surface area (Å²) in [4.78, 5) is 16.5. The number of amides is 1. The summed E-state index contributed by atoms with van der Waals surface area (Å²) >= 11 is 0. The number of rotatable bonds is 6. The van der Waals surface area contributed by atoms with Crippen molar-refractivity contribution >= 4 is 17.3 Å². The molecule has 1 N–H and O–H groups in total. The number of piperazine rings is 1. The van der Waals surface area contributed by atoms with Gasteiger partial charge in [-0.3, -0.25) is 4.79 Å². The van der Waals surface area contributed by atoms with E-state index in [1.54, 1.807) is 12.1 Å². The lowest BCUT2D eigenvalue weighted by Gasteiger charge is -2.35. The number of halogens is 3. The summed E-state index contributed by atoms with van der Waals surface area (Å²) in [6, 6.07) is 12.5. The van der Waals surface area contributed by atoms with Gasteiger partial charge in [-0.25, -0.2) is 0 Å². The Bertz CT molecular complexity index is 820. The van der Waals surface area contributed by atoms with Crippen LogP contribution in [0.5, 0.6) is 5.75 Å². The van der Waals surface area contributed by atoms with Crippen LogP contribution in [0.15, 0.2) is 48.5 Å². The number of likely N-dealkylation sites (N-methyl/N-ethyl adjacent to an activating group) is 1. The third-order valence-electron chi connectivity index (χ3n) is 4.78. The molecule has 8 heteroatoms. The first kappa shape index (κ1) is 21.0. The first-order valence-corrected chi connectivity index (χ1v) is 9.45. The first-order chi connectivity index (χ1) is 13.8. The van der Waals surface area contributed by atoms with Gasteiger partial charge in [-0.1, -0.05) is 18.2 Å². The van der Waals surface area contributed by atoms with Gasteiger partial charge in [0.25, 0.3) is 0 Å². The Morgan fingerprint density at radius 3 is 2.41 bits per heavy atom. The third-order valence-corrected chi connectivity index (χ3v) is 4.78. The van der Waals surface area contributed by atoms with E-state index in [1.165, 1.54) is 6.07 Å². The SMILES string of the molecule is CN1CCN(c2ccc(C(F)(F)F)cc2NC(=O)CCOc2ccccc2)CC1. The predicted octanol–water partition coefficient (Wildman–Crippen LogP) is 3.86. The number of ether oxygens (including phenoxy) is 1. The molecule has 0 spiro atoms. The van der Waals surface area contributed by atoms with Crippen molar-refractivity contribution in [2.24, 2.45) is 0 Å². The van der Waals surface area contributed by atoms with Crippen LogP contribution in [0.3, 0.4) is 0 Å². The lowest BCUT2D eigenvalue weighted by molar-refractivity contribution is -0.137. The van der Waals surface area contributed by atoms with Gasteiger partial charge in [0, 0.05) is 26.2 Å². The Morgan fingerprint density at radius 2 is 1.76 bits per heavy atom. The van der Waals surface area contributed by atoms with Gasteiger partial charge in [-0.15, -0.1) is 0 Å². The van der Waals surface area contributed by atoms with Crippen LogP contribution >= 0.6 is 0 Å². The van der Waals surface area contributed by atoms with E-state index in [-0.39, 0.29) is 18.7 Å². The Kier molecular flexibility index (Phi) is 6.64. The molecule has 2 aromatic carbocycles. The van der Waals surface area contributed by atoms with E-state index >= 15 is 0 Å². The van der Waals surface area contributed by atoms with E-state index in [0.29, 0.717) is 24.5 Å². The topological polar surface area (TPSA) is 44.8 Å². The highest BCUT2D eigenvalue weighted by molar-refractivity contribution is 5.94. The zero-order valence-electron chi connectivity index (χ0n) is 16.2. The number of para-hydroxylation sites is 1. The molecule has 0 saturated carbocycles. The van der Waals surface area contributed by atoms with E-state index in [9.17, 15) is 18.0 Å². The van der Waals surface area contributed by atoms with Crippen molar-refractivity contribution in [3.05, 3.63) is 54.1 Å². The molecule has 156 valence electrons. The second-order valence-corrected chi connectivity index (χ2v) is 6.98. The number of hydrogen-bond donors (Lipinski definition) is 1. The molecule has 5 nitrogen and oxygen atoms in total. The zero-order chi connectivity index (χ0) is 20.9. The predicted molar refractivity (Wildman–Crippen MR) is 106 cm³/mol. The van der Waals surface area contributed by atoms with Crippen LogP contribution in [-0.4, -0.2) is 50.6 Å². The number of carbonyl (C=O) groups excluding carboxylic acids is 1. The minimum absolute atomic E-state index is 0.0350. The normalized spacial score (nSPS) is 15.2. The van der Waals surface area contributed by atoms with Gasteiger partial charge in [-0.05, 0) is 37.4 Å². The summed E-state index contributed by atoms with van der Waals surface area (Å²) in [5.41, 5.74) is -0.0104. The third kappa shape index (κ3) is 5.87. The van der Waals surface area contributed by atoms with Crippen LogP contribution in [0, 0.1) is 0 Å². The van der Waals surface area contributed by atoms with Crippen LogP contribution in [0.1, 0.15) is 12.0 Å². The minimum Gasteiger partial charge on any atom is -0.493 e. The molecular weight excluding hydrogens is 383 g/mol. The lowest BCUT2D eigenvalue weighted by atomic mass is 10.1. The summed E-state index contributed by atoms with van der Waals surface area (Å²) in [6.45, 7) is 3.11. The highest BCUT2D eigenvalue weighted by Gasteiger charge is 2.32. The molecule has 0 aliphatic carbocycles. The molecular formula is C21H24F3N3O2. The van der Waals surface area contributed by atoms with Crippen molar-refractivity contribution < 1.29 is 22.7 Å². The number of carbonyl (C=O) groups is 1. The number of alkyl halides is 3. The van der Waals surface area contributed by atoms with Crippen molar-refractivity contribution in [3.63, 3.8) is 0 Å². The van der Waals surface area contributed by atoms with Gasteiger partial charge in [0.05, 0.1) is 30.0 Å². The Labute approximate surface area is 168 Å². The summed E-state index contributed by atoms with van der Waals surface area (Å²) in [7, 11) is 2.00. The number of nitrogens with one attached hydrogen (secondary N) is 1. The molecule has 1 aliphatic heterocycles. The van der Waals surface area contributed by atoms with Crippen molar-refractivity contribution in [2.75, 3.05) is 50.1 Å². The second-order valence-electron chi connectivity index (χ2n) is 6.98. The Morgan fingerprint density at radius 1 is 1.07 bits per heavy atom. The average Bonchev–Trinajstić information content (AvgIpc) is 2.69. The Hall–Kier alpha value is -2.74. The van der Waals surface area contributed by atoms with E-state index in [1.807, 2.05) is 30.1 Å². The molecule has 1 saturated heterocycles. The molecule has 0 radical (unpaired) electrons. The van der Waals surface area contributed by atoms with E-state index in [0.717, 1.165) is 25.2 Å². The maximum Gasteiger partial charge on any atom is 0.416 e. The maximum absolute atomic E-state index is 13.2. The van der Waals surface area contributed by atoms with Crippen molar-refractivity contribution in [1.82, 2.24) is 4.90 Å². The minimum atomic E-state index is -4.48. The number of benzene rings is 2. The highest BCUT2D eigenvalue weighted by Crippen LogP contribution is 2.35. The molecule has 1 heterocycles. The summed E-state index contributed by atoms with van der Waals surface area (Å²) in [6.07, 6.45) is -4.44. The van der Waals surface area contributed by atoms with Crippen molar-refractivity contribution in [2.45, 2.75) is 12.6 Å². The molecule has 2 aromatic rings. The second kappa shape index (κ2) is 9.17. The van der Waals surface area contributed by atoms with Crippen LogP contribution < -0.4 is 15.0 Å². The molecule has 3 rings (SSSR count). The Balaban J connectivity index is 1.70. The van der Waals surface area contributed by atoms with Crippen molar-refractivity contribution in [3.8, 4) is 5.75 Å².